The largest absolute Gasteiger partial charge is 0.270 e. The maximum atomic E-state index is 4.24. The van der Waals surface area contributed by atoms with Crippen LogP contribution < -0.4 is 0 Å². The summed E-state index contributed by atoms with van der Waals surface area (Å²) in [6.07, 6.45) is 6.92. The molecule has 0 unspecified atom stereocenters. The molecule has 1 aromatic rings. The van der Waals surface area contributed by atoms with Crippen LogP contribution in [0.1, 0.15) is 31.4 Å². The van der Waals surface area contributed by atoms with Crippen LogP contribution in [0.4, 0.5) is 0 Å². The second-order valence-corrected chi connectivity index (χ2v) is 3.78. The van der Waals surface area contributed by atoms with Crippen molar-refractivity contribution in [1.82, 2.24) is 9.78 Å². The Morgan fingerprint density at radius 1 is 1.31 bits per heavy atom. The molecule has 0 saturated heterocycles. The molecule has 0 fully saturated rings. The molecule has 0 N–H and O–H groups in total. The van der Waals surface area contributed by atoms with Gasteiger partial charge in [-0.05, 0) is 31.6 Å². The van der Waals surface area contributed by atoms with Crippen molar-refractivity contribution >= 4 is 12.6 Å². The predicted molar refractivity (Wildman–Crippen MR) is 59.3 cm³/mol. The second-order valence-electron chi connectivity index (χ2n) is 3.33. The van der Waals surface area contributed by atoms with E-state index < -0.39 is 0 Å². The van der Waals surface area contributed by atoms with E-state index in [1.807, 2.05) is 12.3 Å². The van der Waals surface area contributed by atoms with Gasteiger partial charge in [-0.3, -0.25) is 4.68 Å². The molecule has 0 aromatic carbocycles. The number of nitrogens with zero attached hydrogens (tertiary/aromatic N) is 2. The zero-order valence-corrected chi connectivity index (χ0v) is 9.13. The highest BCUT2D eigenvalue weighted by atomic mass is 32.1. The van der Waals surface area contributed by atoms with Crippen molar-refractivity contribution in [1.29, 1.82) is 0 Å². The first-order valence-corrected chi connectivity index (χ1v) is 5.57. The Bertz CT molecular complexity index is 233. The number of rotatable bonds is 6. The summed E-state index contributed by atoms with van der Waals surface area (Å²) in [7, 11) is 0. The summed E-state index contributed by atoms with van der Waals surface area (Å²) < 4.78 is 2.07. The van der Waals surface area contributed by atoms with Crippen molar-refractivity contribution in [3.63, 3.8) is 0 Å². The van der Waals surface area contributed by atoms with Gasteiger partial charge in [-0.2, -0.15) is 17.7 Å². The van der Waals surface area contributed by atoms with Gasteiger partial charge in [0.25, 0.3) is 0 Å². The van der Waals surface area contributed by atoms with Crippen LogP contribution in [-0.2, 0) is 6.54 Å². The monoisotopic (exact) mass is 198 g/mol. The van der Waals surface area contributed by atoms with Crippen molar-refractivity contribution in [3.05, 3.63) is 18.0 Å². The summed E-state index contributed by atoms with van der Waals surface area (Å²) in [6.45, 7) is 3.16. The highest BCUT2D eigenvalue weighted by Gasteiger charge is 1.95. The molecule has 1 aromatic heterocycles. The van der Waals surface area contributed by atoms with Crippen LogP contribution in [0.5, 0.6) is 0 Å². The van der Waals surface area contributed by atoms with E-state index in [1.165, 1.54) is 31.4 Å². The van der Waals surface area contributed by atoms with Crippen molar-refractivity contribution in [2.75, 3.05) is 5.75 Å². The van der Waals surface area contributed by atoms with Crippen LogP contribution in [0.15, 0.2) is 12.3 Å². The van der Waals surface area contributed by atoms with Crippen LogP contribution in [0.3, 0.4) is 0 Å². The normalized spacial score (nSPS) is 10.6. The quantitative estimate of drug-likeness (QED) is 0.549. The molecule has 0 amide bonds. The van der Waals surface area contributed by atoms with Gasteiger partial charge in [0, 0.05) is 18.4 Å². The van der Waals surface area contributed by atoms with E-state index >= 15 is 0 Å². The lowest BCUT2D eigenvalue weighted by Crippen LogP contribution is -2.01. The molecule has 0 atom stereocenters. The maximum Gasteiger partial charge on any atom is 0.0492 e. The molecule has 0 spiro atoms. The third-order valence-corrected chi connectivity index (χ3v) is 2.52. The summed E-state index contributed by atoms with van der Waals surface area (Å²) in [5, 5.41) is 4.24. The molecule has 0 aliphatic rings. The van der Waals surface area contributed by atoms with Gasteiger partial charge < -0.3 is 0 Å². The van der Waals surface area contributed by atoms with E-state index in [9.17, 15) is 0 Å². The predicted octanol–water partition coefficient (Wildman–Crippen LogP) is 2.68. The fourth-order valence-corrected chi connectivity index (χ4v) is 1.58. The molecule has 2 nitrogen and oxygen atoms in total. The molecule has 0 aliphatic carbocycles. The standard InChI is InChI=1S/C10H18N2S/c1-10-6-7-11-12(10)8-4-2-3-5-9-13/h6-7,13H,2-5,8-9H2,1H3. The van der Waals surface area contributed by atoms with Gasteiger partial charge >= 0.3 is 0 Å². The lowest BCUT2D eigenvalue weighted by atomic mass is 10.2. The molecule has 0 saturated carbocycles. The lowest BCUT2D eigenvalue weighted by molar-refractivity contribution is 0.532. The Morgan fingerprint density at radius 2 is 2.08 bits per heavy atom. The Morgan fingerprint density at radius 3 is 2.69 bits per heavy atom. The molecular formula is C10H18N2S. The molecule has 74 valence electrons. The highest BCUT2D eigenvalue weighted by molar-refractivity contribution is 7.80. The summed E-state index contributed by atoms with van der Waals surface area (Å²) in [5.41, 5.74) is 1.26. The zero-order valence-electron chi connectivity index (χ0n) is 8.24. The SMILES string of the molecule is Cc1ccnn1CCCCCCS. The van der Waals surface area contributed by atoms with Crippen LogP contribution in [0.2, 0.25) is 0 Å². The topological polar surface area (TPSA) is 17.8 Å². The third-order valence-electron chi connectivity index (χ3n) is 2.21. The second kappa shape index (κ2) is 6.08. The molecule has 13 heavy (non-hydrogen) atoms. The van der Waals surface area contributed by atoms with Crippen LogP contribution in [-0.4, -0.2) is 15.5 Å². The minimum Gasteiger partial charge on any atom is -0.270 e. The van der Waals surface area contributed by atoms with E-state index in [1.54, 1.807) is 0 Å². The Balaban J connectivity index is 2.10. The van der Waals surface area contributed by atoms with E-state index in [0.717, 1.165) is 12.3 Å². The summed E-state index contributed by atoms with van der Waals surface area (Å²) >= 11 is 4.18. The molecule has 0 bridgehead atoms. The number of hydrogen-bond donors (Lipinski definition) is 1. The Kier molecular flexibility index (Phi) is 4.98. The maximum absolute atomic E-state index is 4.24. The van der Waals surface area contributed by atoms with E-state index in [2.05, 4.69) is 29.3 Å². The number of unbranched alkanes of at least 4 members (excludes halogenated alkanes) is 3. The number of hydrogen-bond acceptors (Lipinski definition) is 2. The van der Waals surface area contributed by atoms with Crippen LogP contribution >= 0.6 is 12.6 Å². The van der Waals surface area contributed by atoms with Crippen molar-refractivity contribution in [2.24, 2.45) is 0 Å². The molecule has 3 heteroatoms. The number of aryl methyl sites for hydroxylation is 2. The van der Waals surface area contributed by atoms with Gasteiger partial charge in [0.15, 0.2) is 0 Å². The van der Waals surface area contributed by atoms with Gasteiger partial charge in [0.1, 0.15) is 0 Å². The van der Waals surface area contributed by atoms with Gasteiger partial charge in [0.05, 0.1) is 0 Å². The first kappa shape index (κ1) is 10.6. The van der Waals surface area contributed by atoms with Gasteiger partial charge in [-0.15, -0.1) is 0 Å². The van der Waals surface area contributed by atoms with Gasteiger partial charge in [-0.25, -0.2) is 0 Å². The summed E-state index contributed by atoms with van der Waals surface area (Å²) in [4.78, 5) is 0. The lowest BCUT2D eigenvalue weighted by Gasteiger charge is -2.03. The summed E-state index contributed by atoms with van der Waals surface area (Å²) in [5.74, 6) is 1.01. The summed E-state index contributed by atoms with van der Waals surface area (Å²) in [6, 6.07) is 2.05. The molecule has 0 radical (unpaired) electrons. The minimum atomic E-state index is 1.01. The third kappa shape index (κ3) is 3.85. The average molecular weight is 198 g/mol. The molecule has 0 aliphatic heterocycles. The van der Waals surface area contributed by atoms with Crippen LogP contribution in [0.25, 0.3) is 0 Å². The van der Waals surface area contributed by atoms with Crippen molar-refractivity contribution in [2.45, 2.75) is 39.2 Å². The highest BCUT2D eigenvalue weighted by Crippen LogP contribution is 2.04. The Hall–Kier alpha value is -0.440. The number of thiol groups is 1. The van der Waals surface area contributed by atoms with Gasteiger partial charge in [-0.1, -0.05) is 12.8 Å². The molecular weight excluding hydrogens is 180 g/mol. The van der Waals surface area contributed by atoms with E-state index in [-0.39, 0.29) is 0 Å². The average Bonchev–Trinajstić information content (AvgIpc) is 2.52. The smallest absolute Gasteiger partial charge is 0.0492 e. The first-order chi connectivity index (χ1) is 6.34. The van der Waals surface area contributed by atoms with Crippen LogP contribution in [0, 0.1) is 6.92 Å². The molecule has 1 heterocycles. The fourth-order valence-electron chi connectivity index (χ4n) is 1.36. The first-order valence-electron chi connectivity index (χ1n) is 4.94. The zero-order chi connectivity index (χ0) is 9.52. The molecule has 1 rings (SSSR count). The number of aromatic nitrogens is 2. The Labute approximate surface area is 85.7 Å². The van der Waals surface area contributed by atoms with Crippen molar-refractivity contribution in [3.8, 4) is 0 Å². The fraction of sp³-hybridized carbons (Fsp3) is 0.700. The van der Waals surface area contributed by atoms with E-state index in [0.29, 0.717) is 0 Å². The van der Waals surface area contributed by atoms with Gasteiger partial charge in [0.2, 0.25) is 0 Å². The van der Waals surface area contributed by atoms with E-state index in [4.69, 9.17) is 0 Å². The van der Waals surface area contributed by atoms with Crippen molar-refractivity contribution < 1.29 is 0 Å². The minimum absolute atomic E-state index is 1.01.